The van der Waals surface area contributed by atoms with Gasteiger partial charge in [-0.2, -0.15) is 0 Å². The van der Waals surface area contributed by atoms with Crippen LogP contribution in [0.3, 0.4) is 0 Å². The fraction of sp³-hybridized carbons (Fsp3) is 0.296. The minimum atomic E-state index is -0.0504. The van der Waals surface area contributed by atoms with E-state index in [0.717, 1.165) is 53.3 Å². The van der Waals surface area contributed by atoms with E-state index < -0.39 is 0 Å². The minimum absolute atomic E-state index is 0.0504. The van der Waals surface area contributed by atoms with Crippen LogP contribution in [0, 0.1) is 0 Å². The number of carbonyl (C=O) groups is 1. The second-order valence-corrected chi connectivity index (χ2v) is 8.10. The molecule has 0 aliphatic heterocycles. The number of nitrogens with one attached hydrogen (secondary N) is 1. The number of methoxy groups -OCH3 is 3. The van der Waals surface area contributed by atoms with Crippen LogP contribution in [0.2, 0.25) is 0 Å². The highest BCUT2D eigenvalue weighted by atomic mass is 16.5. The van der Waals surface area contributed by atoms with Crippen molar-refractivity contribution in [2.45, 2.75) is 31.6 Å². The van der Waals surface area contributed by atoms with Crippen molar-refractivity contribution in [2.75, 3.05) is 26.6 Å². The maximum absolute atomic E-state index is 12.8. The Kier molecular flexibility index (Phi) is 6.64. The normalized spacial score (nSPS) is 14.9. The van der Waals surface area contributed by atoms with Gasteiger partial charge in [0.2, 0.25) is 5.91 Å². The van der Waals surface area contributed by atoms with Crippen LogP contribution in [0.15, 0.2) is 60.7 Å². The lowest BCUT2D eigenvalue weighted by Gasteiger charge is -2.27. The van der Waals surface area contributed by atoms with Gasteiger partial charge in [-0.15, -0.1) is 0 Å². The third-order valence-corrected chi connectivity index (χ3v) is 6.14. The zero-order valence-electron chi connectivity index (χ0n) is 18.8. The van der Waals surface area contributed by atoms with E-state index >= 15 is 0 Å². The molecule has 3 aromatic carbocycles. The standard InChI is InChI=1S/C27H29NO4/c1-30-22-9-4-18(5-10-22)14-27(29)28-26-17-24(32-3)12-13-25(26)21-7-6-20-16-23(31-2)11-8-19(20)15-21/h4-5,8-13,16-17,21H,6-7,14-15H2,1-3H3,(H,28,29). The summed E-state index contributed by atoms with van der Waals surface area (Å²) in [5, 5.41) is 3.13. The van der Waals surface area contributed by atoms with Crippen LogP contribution in [0.1, 0.15) is 34.6 Å². The first kappa shape index (κ1) is 21.8. The quantitative estimate of drug-likeness (QED) is 0.561. The van der Waals surface area contributed by atoms with Gasteiger partial charge in [-0.3, -0.25) is 4.79 Å². The number of fused-ring (bicyclic) bond motifs is 1. The Labute approximate surface area is 189 Å². The Balaban J connectivity index is 1.53. The predicted octanol–water partition coefficient (Wildman–Crippen LogP) is 5.17. The van der Waals surface area contributed by atoms with Crippen LogP contribution < -0.4 is 19.5 Å². The molecule has 5 nitrogen and oxygen atoms in total. The fourth-order valence-corrected chi connectivity index (χ4v) is 4.37. The largest absolute Gasteiger partial charge is 0.497 e. The van der Waals surface area contributed by atoms with Crippen LogP contribution in [0.5, 0.6) is 17.2 Å². The molecule has 1 aliphatic carbocycles. The van der Waals surface area contributed by atoms with Gasteiger partial charge in [0.05, 0.1) is 27.8 Å². The average molecular weight is 432 g/mol. The number of aryl methyl sites for hydroxylation is 1. The first-order valence-corrected chi connectivity index (χ1v) is 10.9. The van der Waals surface area contributed by atoms with Crippen LogP contribution in [0.25, 0.3) is 0 Å². The average Bonchev–Trinajstić information content (AvgIpc) is 2.83. The molecule has 0 saturated carbocycles. The van der Waals surface area contributed by atoms with Gasteiger partial charge in [-0.25, -0.2) is 0 Å². The Bertz CT molecular complexity index is 1090. The van der Waals surface area contributed by atoms with Crippen molar-refractivity contribution in [1.29, 1.82) is 0 Å². The zero-order valence-corrected chi connectivity index (χ0v) is 18.8. The molecule has 0 heterocycles. The molecule has 5 heteroatoms. The first-order chi connectivity index (χ1) is 15.6. The molecule has 0 fully saturated rings. The van der Waals surface area contributed by atoms with Crippen LogP contribution >= 0.6 is 0 Å². The molecule has 3 aromatic rings. The number of hydrogen-bond acceptors (Lipinski definition) is 4. The summed E-state index contributed by atoms with van der Waals surface area (Å²) < 4.78 is 16.0. The second-order valence-electron chi connectivity index (χ2n) is 8.10. The lowest BCUT2D eigenvalue weighted by Crippen LogP contribution is -2.19. The molecule has 0 radical (unpaired) electrons. The lowest BCUT2D eigenvalue weighted by atomic mass is 9.79. The summed E-state index contributed by atoms with van der Waals surface area (Å²) in [7, 11) is 4.97. The molecular weight excluding hydrogens is 402 g/mol. The highest BCUT2D eigenvalue weighted by Crippen LogP contribution is 2.38. The molecule has 1 atom stereocenters. The highest BCUT2D eigenvalue weighted by molar-refractivity contribution is 5.93. The van der Waals surface area contributed by atoms with Gasteiger partial charge in [0, 0.05) is 11.8 Å². The van der Waals surface area contributed by atoms with Crippen molar-refractivity contribution in [1.82, 2.24) is 0 Å². The molecule has 1 aliphatic rings. The summed E-state index contributed by atoms with van der Waals surface area (Å²) in [6, 6.07) is 19.9. The van der Waals surface area contributed by atoms with E-state index in [1.165, 1.54) is 11.1 Å². The topological polar surface area (TPSA) is 56.8 Å². The van der Waals surface area contributed by atoms with Crippen LogP contribution in [0.4, 0.5) is 5.69 Å². The van der Waals surface area contributed by atoms with E-state index in [1.807, 2.05) is 42.5 Å². The van der Waals surface area contributed by atoms with Gasteiger partial charge in [0.15, 0.2) is 0 Å². The summed E-state index contributed by atoms with van der Waals surface area (Å²) in [4.78, 5) is 12.8. The van der Waals surface area contributed by atoms with Gasteiger partial charge in [0.1, 0.15) is 17.2 Å². The van der Waals surface area contributed by atoms with E-state index in [2.05, 4.69) is 23.5 Å². The van der Waals surface area contributed by atoms with Crippen molar-refractivity contribution in [3.05, 3.63) is 82.9 Å². The molecule has 32 heavy (non-hydrogen) atoms. The fourth-order valence-electron chi connectivity index (χ4n) is 4.37. The van der Waals surface area contributed by atoms with Crippen molar-refractivity contribution in [3.63, 3.8) is 0 Å². The van der Waals surface area contributed by atoms with E-state index in [1.54, 1.807) is 21.3 Å². The van der Waals surface area contributed by atoms with Crippen molar-refractivity contribution in [2.24, 2.45) is 0 Å². The van der Waals surface area contributed by atoms with Crippen molar-refractivity contribution in [3.8, 4) is 17.2 Å². The highest BCUT2D eigenvalue weighted by Gasteiger charge is 2.23. The molecule has 0 aromatic heterocycles. The minimum Gasteiger partial charge on any atom is -0.497 e. The van der Waals surface area contributed by atoms with Crippen molar-refractivity contribution >= 4 is 11.6 Å². The smallest absolute Gasteiger partial charge is 0.228 e. The zero-order chi connectivity index (χ0) is 22.5. The summed E-state index contributed by atoms with van der Waals surface area (Å²) in [5.41, 5.74) is 5.60. The van der Waals surface area contributed by atoms with Crippen LogP contribution in [-0.4, -0.2) is 27.2 Å². The Morgan fingerprint density at radius 1 is 0.844 bits per heavy atom. The Morgan fingerprint density at radius 3 is 2.22 bits per heavy atom. The summed E-state index contributed by atoms with van der Waals surface area (Å²) in [6.45, 7) is 0. The molecular formula is C27H29NO4. The van der Waals surface area contributed by atoms with Crippen molar-refractivity contribution < 1.29 is 19.0 Å². The molecule has 0 saturated heterocycles. The maximum Gasteiger partial charge on any atom is 0.228 e. The third-order valence-electron chi connectivity index (χ3n) is 6.14. The van der Waals surface area contributed by atoms with Gasteiger partial charge < -0.3 is 19.5 Å². The summed E-state index contributed by atoms with van der Waals surface area (Å²) >= 11 is 0. The Hall–Kier alpha value is -3.47. The SMILES string of the molecule is COc1ccc(CC(=O)Nc2cc(OC)ccc2C2CCc3cc(OC)ccc3C2)cc1. The summed E-state index contributed by atoms with van der Waals surface area (Å²) in [5.74, 6) is 2.69. The number of anilines is 1. The monoisotopic (exact) mass is 431 g/mol. The van der Waals surface area contributed by atoms with E-state index in [-0.39, 0.29) is 5.91 Å². The number of rotatable bonds is 7. The van der Waals surface area contributed by atoms with Gasteiger partial charge in [-0.1, -0.05) is 24.3 Å². The third kappa shape index (κ3) is 4.88. The predicted molar refractivity (Wildman–Crippen MR) is 126 cm³/mol. The second kappa shape index (κ2) is 9.77. The van der Waals surface area contributed by atoms with Gasteiger partial charge >= 0.3 is 0 Å². The number of hydrogen-bond donors (Lipinski definition) is 1. The molecule has 0 bridgehead atoms. The first-order valence-electron chi connectivity index (χ1n) is 10.9. The number of ether oxygens (including phenoxy) is 3. The van der Waals surface area contributed by atoms with Gasteiger partial charge in [-0.05, 0) is 77.8 Å². The molecule has 1 amide bonds. The number of benzene rings is 3. The summed E-state index contributed by atoms with van der Waals surface area (Å²) in [6.07, 6.45) is 3.25. The molecule has 1 unspecified atom stereocenters. The van der Waals surface area contributed by atoms with E-state index in [4.69, 9.17) is 14.2 Å². The molecule has 1 N–H and O–H groups in total. The van der Waals surface area contributed by atoms with Gasteiger partial charge in [0.25, 0.3) is 0 Å². The van der Waals surface area contributed by atoms with E-state index in [0.29, 0.717) is 12.3 Å². The van der Waals surface area contributed by atoms with E-state index in [9.17, 15) is 4.79 Å². The number of carbonyl (C=O) groups excluding carboxylic acids is 1. The maximum atomic E-state index is 12.8. The number of amides is 1. The molecule has 0 spiro atoms. The van der Waals surface area contributed by atoms with Crippen LogP contribution in [-0.2, 0) is 24.1 Å². The molecule has 166 valence electrons. The molecule has 4 rings (SSSR count). The lowest BCUT2D eigenvalue weighted by molar-refractivity contribution is -0.115. The Morgan fingerprint density at radius 2 is 1.50 bits per heavy atom.